The van der Waals surface area contributed by atoms with E-state index >= 15 is 0 Å². The molecule has 1 aromatic heterocycles. The number of phenols is 1. The van der Waals surface area contributed by atoms with E-state index in [0.29, 0.717) is 6.54 Å². The molecule has 0 aliphatic rings. The van der Waals surface area contributed by atoms with Crippen LogP contribution in [0.5, 0.6) is 11.5 Å². The molecule has 2 rings (SSSR count). The Morgan fingerprint density at radius 2 is 2.25 bits per heavy atom. The molecule has 0 spiro atoms. The molecule has 0 fully saturated rings. The van der Waals surface area contributed by atoms with Crippen molar-refractivity contribution in [3.05, 3.63) is 42.0 Å². The molecular formula is C14H17N3O3. The molecular weight excluding hydrogens is 258 g/mol. The van der Waals surface area contributed by atoms with Crippen LogP contribution >= 0.6 is 0 Å². The van der Waals surface area contributed by atoms with Crippen LogP contribution in [-0.4, -0.2) is 39.6 Å². The molecule has 0 radical (unpaired) electrons. The lowest BCUT2D eigenvalue weighted by molar-refractivity contribution is 0.0777. The van der Waals surface area contributed by atoms with E-state index in [-0.39, 0.29) is 23.0 Å². The highest BCUT2D eigenvalue weighted by atomic mass is 16.5. The fraction of sp³-hybridized carbons (Fsp3) is 0.286. The van der Waals surface area contributed by atoms with E-state index < -0.39 is 0 Å². The number of aromatic nitrogens is 2. The molecule has 6 heteroatoms. The number of ether oxygens (including phenoxy) is 1. The van der Waals surface area contributed by atoms with Crippen LogP contribution in [0.1, 0.15) is 16.2 Å². The number of aryl methyl sites for hydroxylation is 1. The Bertz CT molecular complexity index is 622. The summed E-state index contributed by atoms with van der Waals surface area (Å²) in [5.74, 6) is 0.612. The van der Waals surface area contributed by atoms with E-state index in [0.717, 1.165) is 5.82 Å². The quantitative estimate of drug-likeness (QED) is 0.916. The number of para-hydroxylation sites is 1. The fourth-order valence-corrected chi connectivity index (χ4v) is 1.90. The predicted molar refractivity (Wildman–Crippen MR) is 73.7 cm³/mol. The maximum absolute atomic E-state index is 12.3. The first kappa shape index (κ1) is 13.9. The Kier molecular flexibility index (Phi) is 3.93. The fourth-order valence-electron chi connectivity index (χ4n) is 1.90. The van der Waals surface area contributed by atoms with E-state index in [9.17, 15) is 9.90 Å². The number of rotatable bonds is 4. The summed E-state index contributed by atoms with van der Waals surface area (Å²) in [6, 6.07) is 4.83. The maximum atomic E-state index is 12.3. The van der Waals surface area contributed by atoms with Gasteiger partial charge in [0.2, 0.25) is 0 Å². The van der Waals surface area contributed by atoms with Gasteiger partial charge in [-0.3, -0.25) is 4.79 Å². The summed E-state index contributed by atoms with van der Waals surface area (Å²) < 4.78 is 6.85. The Morgan fingerprint density at radius 3 is 2.85 bits per heavy atom. The molecule has 0 aliphatic carbocycles. The van der Waals surface area contributed by atoms with Crippen molar-refractivity contribution >= 4 is 5.91 Å². The molecule has 0 aliphatic heterocycles. The van der Waals surface area contributed by atoms with Gasteiger partial charge in [0.1, 0.15) is 5.82 Å². The first-order valence-electron chi connectivity index (χ1n) is 6.12. The number of benzene rings is 1. The third-order valence-electron chi connectivity index (χ3n) is 3.10. The highest BCUT2D eigenvalue weighted by Crippen LogP contribution is 2.30. The normalized spacial score (nSPS) is 10.3. The second-order valence-electron chi connectivity index (χ2n) is 4.47. The minimum Gasteiger partial charge on any atom is -0.504 e. The molecule has 0 unspecified atom stereocenters. The summed E-state index contributed by atoms with van der Waals surface area (Å²) >= 11 is 0. The van der Waals surface area contributed by atoms with Gasteiger partial charge in [-0.15, -0.1) is 0 Å². The summed E-state index contributed by atoms with van der Waals surface area (Å²) in [7, 11) is 4.97. The van der Waals surface area contributed by atoms with E-state index in [1.807, 2.05) is 17.8 Å². The van der Waals surface area contributed by atoms with E-state index in [1.54, 1.807) is 31.4 Å². The number of methoxy groups -OCH3 is 1. The minimum absolute atomic E-state index is 0.147. The number of hydrogen-bond donors (Lipinski definition) is 1. The van der Waals surface area contributed by atoms with Gasteiger partial charge in [0, 0.05) is 26.5 Å². The number of imidazole rings is 1. The van der Waals surface area contributed by atoms with Crippen molar-refractivity contribution in [3.8, 4) is 11.5 Å². The Labute approximate surface area is 117 Å². The van der Waals surface area contributed by atoms with Gasteiger partial charge >= 0.3 is 0 Å². The average Bonchev–Trinajstić information content (AvgIpc) is 2.84. The topological polar surface area (TPSA) is 67.6 Å². The van der Waals surface area contributed by atoms with Crippen LogP contribution in [0.4, 0.5) is 0 Å². The molecule has 20 heavy (non-hydrogen) atoms. The summed E-state index contributed by atoms with van der Waals surface area (Å²) in [6.45, 7) is 0.360. The first-order valence-corrected chi connectivity index (χ1v) is 6.12. The SMILES string of the molecule is COc1cccc(C(=O)N(C)Cc2nccn2C)c1O. The van der Waals surface area contributed by atoms with Crippen molar-refractivity contribution < 1.29 is 14.6 Å². The monoisotopic (exact) mass is 275 g/mol. The van der Waals surface area contributed by atoms with E-state index in [4.69, 9.17) is 4.74 Å². The van der Waals surface area contributed by atoms with Gasteiger partial charge in [0.25, 0.3) is 5.91 Å². The molecule has 1 N–H and O–H groups in total. The van der Waals surface area contributed by atoms with Crippen LogP contribution in [0.3, 0.4) is 0 Å². The molecule has 6 nitrogen and oxygen atoms in total. The molecule has 106 valence electrons. The number of carbonyl (C=O) groups is 1. The summed E-state index contributed by atoms with van der Waals surface area (Å²) in [5.41, 5.74) is 0.209. The van der Waals surface area contributed by atoms with E-state index in [1.165, 1.54) is 12.0 Å². The van der Waals surface area contributed by atoms with Crippen LogP contribution < -0.4 is 4.74 Å². The van der Waals surface area contributed by atoms with Gasteiger partial charge in [0.05, 0.1) is 19.2 Å². The van der Waals surface area contributed by atoms with E-state index in [2.05, 4.69) is 4.98 Å². The molecule has 0 saturated carbocycles. The average molecular weight is 275 g/mol. The van der Waals surface area contributed by atoms with Crippen LogP contribution in [0.15, 0.2) is 30.6 Å². The van der Waals surface area contributed by atoms with Gasteiger partial charge in [-0.2, -0.15) is 0 Å². The predicted octanol–water partition coefficient (Wildman–Crippen LogP) is 1.41. The Hall–Kier alpha value is -2.50. The van der Waals surface area contributed by atoms with Gasteiger partial charge < -0.3 is 19.3 Å². The lowest BCUT2D eigenvalue weighted by Crippen LogP contribution is -2.27. The zero-order valence-corrected chi connectivity index (χ0v) is 11.7. The minimum atomic E-state index is -0.288. The highest BCUT2D eigenvalue weighted by Gasteiger charge is 2.19. The van der Waals surface area contributed by atoms with Crippen molar-refractivity contribution in [2.75, 3.05) is 14.2 Å². The van der Waals surface area contributed by atoms with Crippen LogP contribution in [0.2, 0.25) is 0 Å². The summed E-state index contributed by atoms with van der Waals surface area (Å²) in [5, 5.41) is 10.00. The molecule has 0 bridgehead atoms. The first-order chi connectivity index (χ1) is 9.54. The van der Waals surface area contributed by atoms with Crippen molar-refractivity contribution in [1.82, 2.24) is 14.5 Å². The lowest BCUT2D eigenvalue weighted by atomic mass is 10.1. The number of phenolic OH excluding ortho intramolecular Hbond substituents is 1. The third kappa shape index (κ3) is 2.59. The van der Waals surface area contributed by atoms with Crippen molar-refractivity contribution in [2.45, 2.75) is 6.54 Å². The largest absolute Gasteiger partial charge is 0.504 e. The van der Waals surface area contributed by atoms with Crippen LogP contribution in [0.25, 0.3) is 0 Å². The van der Waals surface area contributed by atoms with Gasteiger partial charge in [-0.1, -0.05) is 6.07 Å². The molecule has 1 aromatic carbocycles. The number of carbonyl (C=O) groups excluding carboxylic acids is 1. The second-order valence-corrected chi connectivity index (χ2v) is 4.47. The standard InChI is InChI=1S/C14H17N3O3/c1-16-8-7-15-12(16)9-17(2)14(19)10-5-4-6-11(20-3)13(10)18/h4-8,18H,9H2,1-3H3. The van der Waals surface area contributed by atoms with Gasteiger partial charge in [-0.05, 0) is 12.1 Å². The van der Waals surface area contributed by atoms with Crippen molar-refractivity contribution in [3.63, 3.8) is 0 Å². The smallest absolute Gasteiger partial charge is 0.257 e. The number of hydrogen-bond acceptors (Lipinski definition) is 4. The highest BCUT2D eigenvalue weighted by molar-refractivity contribution is 5.97. The number of amides is 1. The molecule has 0 atom stereocenters. The second kappa shape index (κ2) is 5.64. The molecule has 0 saturated heterocycles. The number of aromatic hydroxyl groups is 1. The lowest BCUT2D eigenvalue weighted by Gasteiger charge is -2.18. The number of nitrogens with zero attached hydrogens (tertiary/aromatic N) is 3. The summed E-state index contributed by atoms with van der Waals surface area (Å²) in [4.78, 5) is 18.0. The van der Waals surface area contributed by atoms with Gasteiger partial charge in [0.15, 0.2) is 11.5 Å². The van der Waals surface area contributed by atoms with Crippen molar-refractivity contribution in [1.29, 1.82) is 0 Å². The van der Waals surface area contributed by atoms with Crippen LogP contribution in [-0.2, 0) is 13.6 Å². The van der Waals surface area contributed by atoms with Gasteiger partial charge in [-0.25, -0.2) is 4.98 Å². The zero-order valence-electron chi connectivity index (χ0n) is 11.7. The molecule has 2 aromatic rings. The Balaban J connectivity index is 2.21. The Morgan fingerprint density at radius 1 is 1.50 bits per heavy atom. The molecule has 1 heterocycles. The zero-order chi connectivity index (χ0) is 14.7. The third-order valence-corrected chi connectivity index (χ3v) is 3.10. The maximum Gasteiger partial charge on any atom is 0.257 e. The van der Waals surface area contributed by atoms with Crippen molar-refractivity contribution in [2.24, 2.45) is 7.05 Å². The summed E-state index contributed by atoms with van der Waals surface area (Å²) in [6.07, 6.45) is 3.49. The molecule has 1 amide bonds. The van der Waals surface area contributed by atoms with Crippen LogP contribution in [0, 0.1) is 0 Å².